The lowest BCUT2D eigenvalue weighted by Crippen LogP contribution is -2.04. The number of rotatable bonds is 4. The summed E-state index contributed by atoms with van der Waals surface area (Å²) < 4.78 is 0. The molecule has 0 bridgehead atoms. The number of hydrogen-bond donors (Lipinski definition) is 2. The lowest BCUT2D eigenvalue weighted by Gasteiger charge is -1.82. The second kappa shape index (κ2) is 6.58. The van der Waals surface area contributed by atoms with Gasteiger partial charge in [-0.1, -0.05) is 37.5 Å². The first-order chi connectivity index (χ1) is 4.77. The van der Waals surface area contributed by atoms with Crippen LogP contribution in [0, 0.1) is 0 Å². The summed E-state index contributed by atoms with van der Waals surface area (Å²) in [6, 6.07) is 0. The smallest absolute Gasteiger partial charge is 0.424 e. The summed E-state index contributed by atoms with van der Waals surface area (Å²) in [6.07, 6.45) is 7.57. The molecule has 0 aliphatic carbocycles. The Morgan fingerprint density at radius 3 is 2.50 bits per heavy atom. The van der Waals surface area contributed by atoms with Gasteiger partial charge in [0.25, 0.3) is 0 Å². The molecule has 2 nitrogen and oxygen atoms in total. The molecule has 0 aromatic carbocycles. The highest BCUT2D eigenvalue weighted by Gasteiger charge is 1.94. The van der Waals surface area contributed by atoms with Crippen LogP contribution in [-0.4, -0.2) is 17.2 Å². The highest BCUT2D eigenvalue weighted by Crippen LogP contribution is 1.88. The Morgan fingerprint density at radius 2 is 2.00 bits per heavy atom. The van der Waals surface area contributed by atoms with Crippen molar-refractivity contribution in [3.63, 3.8) is 0 Å². The molecule has 10 heavy (non-hydrogen) atoms. The molecule has 0 aliphatic heterocycles. The van der Waals surface area contributed by atoms with Gasteiger partial charge in [-0.3, -0.25) is 0 Å². The van der Waals surface area contributed by atoms with Gasteiger partial charge < -0.3 is 10.0 Å². The van der Waals surface area contributed by atoms with Crippen LogP contribution >= 0.6 is 0 Å². The van der Waals surface area contributed by atoms with Gasteiger partial charge in [0, 0.05) is 0 Å². The van der Waals surface area contributed by atoms with E-state index in [9.17, 15) is 0 Å². The van der Waals surface area contributed by atoms with E-state index < -0.39 is 7.12 Å². The Kier molecular flexibility index (Phi) is 6.23. The van der Waals surface area contributed by atoms with E-state index >= 15 is 0 Å². The predicted octanol–water partition coefficient (Wildman–Crippen LogP) is 0.911. The lowest BCUT2D eigenvalue weighted by molar-refractivity contribution is 0.424. The van der Waals surface area contributed by atoms with Crippen molar-refractivity contribution in [1.82, 2.24) is 0 Å². The van der Waals surface area contributed by atoms with E-state index in [1.165, 1.54) is 5.98 Å². The predicted molar refractivity (Wildman–Crippen MR) is 43.4 cm³/mol. The van der Waals surface area contributed by atoms with Crippen LogP contribution in [-0.2, 0) is 0 Å². The molecule has 0 aromatic rings. The summed E-state index contributed by atoms with van der Waals surface area (Å²) in [5.74, 6) is 1.31. The van der Waals surface area contributed by atoms with Crippen molar-refractivity contribution in [1.29, 1.82) is 0 Å². The Balaban J connectivity index is 3.32. The van der Waals surface area contributed by atoms with Gasteiger partial charge in [0.15, 0.2) is 0 Å². The maximum absolute atomic E-state index is 8.34. The van der Waals surface area contributed by atoms with Gasteiger partial charge in [-0.2, -0.15) is 0 Å². The summed E-state index contributed by atoms with van der Waals surface area (Å²) in [4.78, 5) is 0. The van der Waals surface area contributed by atoms with Crippen LogP contribution < -0.4 is 0 Å². The molecule has 0 fully saturated rings. The van der Waals surface area contributed by atoms with Crippen molar-refractivity contribution in [2.75, 3.05) is 0 Å². The molecule has 0 rings (SSSR count). The molecule has 0 aliphatic rings. The van der Waals surface area contributed by atoms with Gasteiger partial charge in [-0.15, -0.1) is 0 Å². The molecule has 2 N–H and O–H groups in total. The maximum atomic E-state index is 8.34. The third-order valence-corrected chi connectivity index (χ3v) is 0.986. The minimum Gasteiger partial charge on any atom is -0.424 e. The zero-order chi connectivity index (χ0) is 7.82. The van der Waals surface area contributed by atoms with E-state index in [0.29, 0.717) is 0 Å². The first-order valence-corrected chi connectivity index (χ1v) is 3.47. The van der Waals surface area contributed by atoms with E-state index in [1.54, 1.807) is 6.08 Å². The molecular formula is C7H13BO2. The summed E-state index contributed by atoms with van der Waals surface area (Å²) >= 11 is 0. The van der Waals surface area contributed by atoms with E-state index in [0.717, 1.165) is 12.8 Å². The molecule has 0 saturated heterocycles. The molecule has 0 atom stereocenters. The molecular weight excluding hydrogens is 127 g/mol. The Labute approximate surface area is 62.0 Å². The highest BCUT2D eigenvalue weighted by molar-refractivity contribution is 6.47. The van der Waals surface area contributed by atoms with Gasteiger partial charge in [0.2, 0.25) is 0 Å². The van der Waals surface area contributed by atoms with Crippen molar-refractivity contribution < 1.29 is 10.0 Å². The number of hydrogen-bond acceptors (Lipinski definition) is 2. The fourth-order valence-electron chi connectivity index (χ4n) is 0.505. The fraction of sp³-hybridized carbons (Fsp3) is 0.429. The van der Waals surface area contributed by atoms with Crippen molar-refractivity contribution >= 4 is 7.12 Å². The molecule has 0 spiro atoms. The number of unbranched alkanes of at least 4 members (excludes halogenated alkanes) is 1. The second-order valence-electron chi connectivity index (χ2n) is 2.02. The SMILES string of the molecule is CCCC=CC=CB(O)O. The van der Waals surface area contributed by atoms with Gasteiger partial charge >= 0.3 is 7.12 Å². The monoisotopic (exact) mass is 140 g/mol. The summed E-state index contributed by atoms with van der Waals surface area (Å²) in [6.45, 7) is 2.09. The quantitative estimate of drug-likeness (QED) is 0.450. The zero-order valence-corrected chi connectivity index (χ0v) is 6.20. The van der Waals surface area contributed by atoms with Gasteiger partial charge in [-0.05, 0) is 6.42 Å². The van der Waals surface area contributed by atoms with Crippen molar-refractivity contribution in [3.05, 3.63) is 24.2 Å². The fourth-order valence-corrected chi connectivity index (χ4v) is 0.505. The third kappa shape index (κ3) is 7.46. The Bertz CT molecular complexity index is 119. The second-order valence-corrected chi connectivity index (χ2v) is 2.02. The Morgan fingerprint density at radius 1 is 1.30 bits per heavy atom. The average Bonchev–Trinajstić information content (AvgIpc) is 1.87. The molecule has 0 heterocycles. The summed E-state index contributed by atoms with van der Waals surface area (Å²) in [7, 11) is -1.33. The van der Waals surface area contributed by atoms with Gasteiger partial charge in [-0.25, -0.2) is 0 Å². The largest absolute Gasteiger partial charge is 0.480 e. The first-order valence-electron chi connectivity index (χ1n) is 3.47. The van der Waals surface area contributed by atoms with Crippen molar-refractivity contribution in [2.45, 2.75) is 19.8 Å². The average molecular weight is 140 g/mol. The van der Waals surface area contributed by atoms with Crippen molar-refractivity contribution in [3.8, 4) is 0 Å². The standard InChI is InChI=1S/C7H13BO2/c1-2-3-4-5-6-7-8(9)10/h4-7,9-10H,2-3H2,1H3. The van der Waals surface area contributed by atoms with E-state index in [1.807, 2.05) is 12.2 Å². The molecule has 0 radical (unpaired) electrons. The highest BCUT2D eigenvalue weighted by atomic mass is 16.4. The topological polar surface area (TPSA) is 40.5 Å². The molecule has 56 valence electrons. The molecule has 0 saturated carbocycles. The van der Waals surface area contributed by atoms with Crippen LogP contribution in [0.25, 0.3) is 0 Å². The first kappa shape index (κ1) is 9.46. The van der Waals surface area contributed by atoms with Crippen LogP contribution in [0.1, 0.15) is 19.8 Å². The normalized spacial score (nSPS) is 11.5. The number of allylic oxidation sites excluding steroid dienone is 3. The minimum atomic E-state index is -1.33. The van der Waals surface area contributed by atoms with Crippen LogP contribution in [0.3, 0.4) is 0 Å². The minimum absolute atomic E-state index is 1.03. The Hall–Kier alpha value is -0.535. The molecule has 3 heteroatoms. The zero-order valence-electron chi connectivity index (χ0n) is 6.20. The molecule has 0 unspecified atom stereocenters. The van der Waals surface area contributed by atoms with Crippen LogP contribution in [0.4, 0.5) is 0 Å². The molecule has 0 aromatic heterocycles. The van der Waals surface area contributed by atoms with E-state index in [2.05, 4.69) is 6.92 Å². The molecule has 0 amide bonds. The van der Waals surface area contributed by atoms with Crippen molar-refractivity contribution in [2.24, 2.45) is 0 Å². The maximum Gasteiger partial charge on any atom is 0.480 e. The van der Waals surface area contributed by atoms with Gasteiger partial charge in [0.05, 0.1) is 0 Å². The van der Waals surface area contributed by atoms with Gasteiger partial charge in [0.1, 0.15) is 0 Å². The lowest BCUT2D eigenvalue weighted by atomic mass is 9.92. The third-order valence-electron chi connectivity index (χ3n) is 0.986. The van der Waals surface area contributed by atoms with Crippen LogP contribution in [0.2, 0.25) is 0 Å². The summed E-state index contributed by atoms with van der Waals surface area (Å²) in [5.41, 5.74) is 0. The van der Waals surface area contributed by atoms with E-state index in [-0.39, 0.29) is 0 Å². The summed E-state index contributed by atoms with van der Waals surface area (Å²) in [5, 5.41) is 16.7. The van der Waals surface area contributed by atoms with Crippen LogP contribution in [0.15, 0.2) is 24.2 Å². The van der Waals surface area contributed by atoms with Crippen LogP contribution in [0.5, 0.6) is 0 Å². The van der Waals surface area contributed by atoms with E-state index in [4.69, 9.17) is 10.0 Å².